The highest BCUT2D eigenvalue weighted by molar-refractivity contribution is 6.30. The number of piperidine rings is 1. The average Bonchev–Trinajstić information content (AvgIpc) is 3.05. The van der Waals surface area contributed by atoms with Gasteiger partial charge in [0.1, 0.15) is 0 Å². The molecule has 1 N–H and O–H groups in total. The number of para-hydroxylation sites is 1. The standard InChI is InChI=1S/C20H19ClN2O/c21-16-5-3-4-15(12-16)20(24)23-10-8-14(9-11-23)18-13-22-19-7-2-1-6-17(18)19/h1-7,12-14,22H,8-11H2. The molecule has 1 fully saturated rings. The smallest absolute Gasteiger partial charge is 0.253 e. The summed E-state index contributed by atoms with van der Waals surface area (Å²) in [7, 11) is 0. The van der Waals surface area contributed by atoms with Crippen molar-refractivity contribution in [3.8, 4) is 0 Å². The zero-order valence-corrected chi connectivity index (χ0v) is 14.1. The van der Waals surface area contributed by atoms with Crippen LogP contribution in [-0.4, -0.2) is 28.9 Å². The predicted octanol–water partition coefficient (Wildman–Crippen LogP) is 4.84. The van der Waals surface area contributed by atoms with Crippen molar-refractivity contribution in [2.24, 2.45) is 0 Å². The summed E-state index contributed by atoms with van der Waals surface area (Å²) < 4.78 is 0. The number of nitrogens with one attached hydrogen (secondary N) is 1. The fraction of sp³-hybridized carbons (Fsp3) is 0.250. The van der Waals surface area contributed by atoms with Crippen LogP contribution in [0.3, 0.4) is 0 Å². The number of amides is 1. The van der Waals surface area contributed by atoms with Crippen LogP contribution in [0.25, 0.3) is 10.9 Å². The summed E-state index contributed by atoms with van der Waals surface area (Å²) in [6.07, 6.45) is 4.12. The molecule has 4 rings (SSSR count). The van der Waals surface area contributed by atoms with Crippen LogP contribution in [0.2, 0.25) is 5.02 Å². The Kier molecular flexibility index (Phi) is 4.03. The van der Waals surface area contributed by atoms with Gasteiger partial charge in [0, 0.05) is 40.8 Å². The Morgan fingerprint density at radius 3 is 2.67 bits per heavy atom. The van der Waals surface area contributed by atoms with Crippen LogP contribution < -0.4 is 0 Å². The van der Waals surface area contributed by atoms with Gasteiger partial charge in [0.15, 0.2) is 0 Å². The number of aromatic amines is 1. The number of H-pyrrole nitrogens is 1. The number of halogens is 1. The first-order valence-electron chi connectivity index (χ1n) is 8.33. The lowest BCUT2D eigenvalue weighted by Gasteiger charge is -2.32. The van der Waals surface area contributed by atoms with Crippen molar-refractivity contribution in [1.82, 2.24) is 9.88 Å². The number of hydrogen-bond donors (Lipinski definition) is 1. The molecule has 4 heteroatoms. The van der Waals surface area contributed by atoms with Gasteiger partial charge in [-0.25, -0.2) is 0 Å². The summed E-state index contributed by atoms with van der Waals surface area (Å²) in [5.41, 5.74) is 3.23. The normalized spacial score (nSPS) is 15.8. The summed E-state index contributed by atoms with van der Waals surface area (Å²) in [6, 6.07) is 15.6. The number of carbonyl (C=O) groups is 1. The molecule has 1 aromatic heterocycles. The van der Waals surface area contributed by atoms with E-state index in [2.05, 4.69) is 35.4 Å². The maximum Gasteiger partial charge on any atom is 0.253 e. The number of carbonyl (C=O) groups excluding carboxylic acids is 1. The molecule has 0 atom stereocenters. The molecule has 0 unspecified atom stereocenters. The molecular weight excluding hydrogens is 320 g/mol. The van der Waals surface area contributed by atoms with Gasteiger partial charge < -0.3 is 9.88 Å². The van der Waals surface area contributed by atoms with E-state index in [1.54, 1.807) is 12.1 Å². The third kappa shape index (κ3) is 2.80. The van der Waals surface area contributed by atoms with Crippen LogP contribution in [0.15, 0.2) is 54.7 Å². The number of benzene rings is 2. The fourth-order valence-corrected chi connectivity index (χ4v) is 3.82. The van der Waals surface area contributed by atoms with Crippen molar-refractivity contribution >= 4 is 28.4 Å². The molecule has 2 aromatic carbocycles. The molecule has 1 amide bonds. The molecule has 0 aliphatic carbocycles. The number of fused-ring (bicyclic) bond motifs is 1. The molecule has 0 spiro atoms. The topological polar surface area (TPSA) is 36.1 Å². The van der Waals surface area contributed by atoms with Crippen molar-refractivity contribution in [3.05, 3.63) is 70.9 Å². The highest BCUT2D eigenvalue weighted by Gasteiger charge is 2.26. The van der Waals surface area contributed by atoms with Gasteiger partial charge in [0.2, 0.25) is 0 Å². The summed E-state index contributed by atoms with van der Waals surface area (Å²) >= 11 is 6.00. The van der Waals surface area contributed by atoms with Crippen molar-refractivity contribution in [3.63, 3.8) is 0 Å². The monoisotopic (exact) mass is 338 g/mol. The Morgan fingerprint density at radius 1 is 1.08 bits per heavy atom. The lowest BCUT2D eigenvalue weighted by atomic mass is 9.89. The minimum Gasteiger partial charge on any atom is -0.361 e. The molecule has 0 radical (unpaired) electrons. The van der Waals surface area contributed by atoms with Gasteiger partial charge >= 0.3 is 0 Å². The zero-order valence-electron chi connectivity index (χ0n) is 13.3. The minimum absolute atomic E-state index is 0.0786. The zero-order chi connectivity index (χ0) is 16.5. The van der Waals surface area contributed by atoms with Gasteiger partial charge in [-0.15, -0.1) is 0 Å². The Morgan fingerprint density at radius 2 is 1.88 bits per heavy atom. The number of likely N-dealkylation sites (tertiary alicyclic amines) is 1. The Balaban J connectivity index is 1.48. The quantitative estimate of drug-likeness (QED) is 0.713. The molecule has 24 heavy (non-hydrogen) atoms. The first-order valence-corrected chi connectivity index (χ1v) is 8.71. The van der Waals surface area contributed by atoms with Crippen molar-refractivity contribution in [2.75, 3.05) is 13.1 Å². The predicted molar refractivity (Wildman–Crippen MR) is 97.6 cm³/mol. The van der Waals surface area contributed by atoms with Crippen LogP contribution >= 0.6 is 11.6 Å². The number of rotatable bonds is 2. The summed E-state index contributed by atoms with van der Waals surface area (Å²) in [5.74, 6) is 0.583. The second kappa shape index (κ2) is 6.33. The molecule has 1 aliphatic rings. The summed E-state index contributed by atoms with van der Waals surface area (Å²) in [6.45, 7) is 1.57. The molecule has 122 valence electrons. The largest absolute Gasteiger partial charge is 0.361 e. The molecule has 2 heterocycles. The maximum absolute atomic E-state index is 12.6. The number of hydrogen-bond acceptors (Lipinski definition) is 1. The van der Waals surface area contributed by atoms with E-state index in [1.807, 2.05) is 17.0 Å². The molecule has 3 nitrogen and oxygen atoms in total. The van der Waals surface area contributed by atoms with E-state index in [1.165, 1.54) is 16.5 Å². The van der Waals surface area contributed by atoms with Crippen LogP contribution in [0.4, 0.5) is 0 Å². The van der Waals surface area contributed by atoms with Gasteiger partial charge in [0.25, 0.3) is 5.91 Å². The van der Waals surface area contributed by atoms with Crippen molar-refractivity contribution < 1.29 is 4.79 Å². The Hall–Kier alpha value is -2.26. The van der Waals surface area contributed by atoms with Crippen molar-refractivity contribution in [1.29, 1.82) is 0 Å². The van der Waals surface area contributed by atoms with E-state index < -0.39 is 0 Å². The maximum atomic E-state index is 12.6. The first kappa shape index (κ1) is 15.3. The van der Waals surface area contributed by atoms with Gasteiger partial charge in [-0.05, 0) is 48.6 Å². The summed E-state index contributed by atoms with van der Waals surface area (Å²) in [4.78, 5) is 17.9. The van der Waals surface area contributed by atoms with Gasteiger partial charge in [-0.2, -0.15) is 0 Å². The van der Waals surface area contributed by atoms with Crippen LogP contribution in [0.5, 0.6) is 0 Å². The average molecular weight is 339 g/mol. The van der Waals surface area contributed by atoms with Crippen LogP contribution in [0, 0.1) is 0 Å². The molecule has 1 saturated heterocycles. The van der Waals surface area contributed by atoms with Gasteiger partial charge in [-0.3, -0.25) is 4.79 Å². The highest BCUT2D eigenvalue weighted by atomic mass is 35.5. The third-order valence-corrected chi connectivity index (χ3v) is 5.15. The number of nitrogens with zero attached hydrogens (tertiary/aromatic N) is 1. The minimum atomic E-state index is 0.0786. The lowest BCUT2D eigenvalue weighted by molar-refractivity contribution is 0.0713. The summed E-state index contributed by atoms with van der Waals surface area (Å²) in [5, 5.41) is 1.91. The van der Waals surface area contributed by atoms with Crippen molar-refractivity contribution in [2.45, 2.75) is 18.8 Å². The third-order valence-electron chi connectivity index (χ3n) is 4.91. The molecule has 0 saturated carbocycles. The fourth-order valence-electron chi connectivity index (χ4n) is 3.63. The Labute approximate surface area is 146 Å². The lowest BCUT2D eigenvalue weighted by Crippen LogP contribution is -2.37. The van der Waals surface area contributed by atoms with E-state index in [4.69, 9.17) is 11.6 Å². The number of aromatic nitrogens is 1. The second-order valence-corrected chi connectivity index (χ2v) is 6.80. The van der Waals surface area contributed by atoms with Crippen LogP contribution in [0.1, 0.15) is 34.7 Å². The molecule has 1 aliphatic heterocycles. The van der Waals surface area contributed by atoms with E-state index in [0.29, 0.717) is 16.5 Å². The highest BCUT2D eigenvalue weighted by Crippen LogP contribution is 2.33. The van der Waals surface area contributed by atoms with E-state index >= 15 is 0 Å². The second-order valence-electron chi connectivity index (χ2n) is 6.37. The first-order chi connectivity index (χ1) is 11.7. The van der Waals surface area contributed by atoms with E-state index in [-0.39, 0.29) is 5.91 Å². The Bertz CT molecular complexity index is 878. The van der Waals surface area contributed by atoms with Crippen LogP contribution in [-0.2, 0) is 0 Å². The molecule has 3 aromatic rings. The van der Waals surface area contributed by atoms with Gasteiger partial charge in [0.05, 0.1) is 0 Å². The molecular formula is C20H19ClN2O. The van der Waals surface area contributed by atoms with E-state index in [0.717, 1.165) is 25.9 Å². The van der Waals surface area contributed by atoms with E-state index in [9.17, 15) is 4.79 Å². The molecule has 0 bridgehead atoms. The SMILES string of the molecule is O=C(c1cccc(Cl)c1)N1CCC(c2c[nH]c3ccccc23)CC1. The van der Waals surface area contributed by atoms with Gasteiger partial charge in [-0.1, -0.05) is 35.9 Å².